The van der Waals surface area contributed by atoms with Crippen molar-refractivity contribution < 1.29 is 19.4 Å². The highest BCUT2D eigenvalue weighted by Gasteiger charge is 2.26. The number of amides is 2. The van der Waals surface area contributed by atoms with Crippen LogP contribution in [0.4, 0.5) is 9.18 Å². The zero-order valence-corrected chi connectivity index (χ0v) is 12.1. The summed E-state index contributed by atoms with van der Waals surface area (Å²) in [5.41, 5.74) is 0.586. The van der Waals surface area contributed by atoms with Gasteiger partial charge in [-0.05, 0) is 37.5 Å². The van der Waals surface area contributed by atoms with Crippen LogP contribution in [0.2, 0.25) is 0 Å². The second kappa shape index (κ2) is 6.76. The summed E-state index contributed by atoms with van der Waals surface area (Å²) in [4.78, 5) is 13.8. The molecule has 3 N–H and O–H groups in total. The summed E-state index contributed by atoms with van der Waals surface area (Å²) in [6, 6.07) is 3.81. The van der Waals surface area contributed by atoms with Crippen LogP contribution in [0, 0.1) is 11.7 Å². The second-order valence-corrected chi connectivity index (χ2v) is 5.53. The van der Waals surface area contributed by atoms with Gasteiger partial charge in [-0.3, -0.25) is 0 Å². The molecule has 1 aliphatic heterocycles. The van der Waals surface area contributed by atoms with Crippen LogP contribution in [0.15, 0.2) is 18.2 Å². The van der Waals surface area contributed by atoms with Gasteiger partial charge in [0.2, 0.25) is 0 Å². The molecular weight excluding hydrogens is 275 g/mol. The Morgan fingerprint density at radius 2 is 2.33 bits per heavy atom. The molecule has 0 bridgehead atoms. The van der Waals surface area contributed by atoms with E-state index in [2.05, 4.69) is 5.32 Å². The number of urea groups is 1. The van der Waals surface area contributed by atoms with Crippen molar-refractivity contribution in [2.75, 3.05) is 13.1 Å². The van der Waals surface area contributed by atoms with E-state index in [0.29, 0.717) is 18.7 Å². The molecule has 1 aliphatic rings. The molecule has 21 heavy (non-hydrogen) atoms. The standard InChI is InChI=1S/C15H21FN2O3/c1-10(19)12-3-2-6-18(9-12)15(21)17-8-11-4-5-14(20)13(16)7-11/h4-5,7,10,12,19-20H,2-3,6,8-9H2,1H3,(H,17,21). The molecule has 1 aromatic carbocycles. The Kier molecular flexibility index (Phi) is 5.01. The van der Waals surface area contributed by atoms with Gasteiger partial charge in [0.1, 0.15) is 0 Å². The summed E-state index contributed by atoms with van der Waals surface area (Å²) in [7, 11) is 0. The van der Waals surface area contributed by atoms with E-state index in [9.17, 15) is 14.3 Å². The number of carbonyl (C=O) groups excluding carboxylic acids is 1. The molecule has 116 valence electrons. The molecule has 0 aliphatic carbocycles. The number of piperidine rings is 1. The van der Waals surface area contributed by atoms with E-state index in [1.807, 2.05) is 0 Å². The number of likely N-dealkylation sites (tertiary alicyclic amines) is 1. The van der Waals surface area contributed by atoms with Gasteiger partial charge in [0.25, 0.3) is 0 Å². The number of aliphatic hydroxyl groups is 1. The number of aliphatic hydroxyl groups excluding tert-OH is 1. The van der Waals surface area contributed by atoms with Crippen molar-refractivity contribution in [1.82, 2.24) is 10.2 Å². The van der Waals surface area contributed by atoms with E-state index >= 15 is 0 Å². The molecule has 0 spiro atoms. The lowest BCUT2D eigenvalue weighted by Crippen LogP contribution is -2.47. The Morgan fingerprint density at radius 3 is 3.00 bits per heavy atom. The van der Waals surface area contributed by atoms with Crippen LogP contribution in [0.1, 0.15) is 25.3 Å². The smallest absolute Gasteiger partial charge is 0.317 e. The van der Waals surface area contributed by atoms with E-state index in [4.69, 9.17) is 5.11 Å². The predicted octanol–water partition coefficient (Wildman–Crippen LogP) is 1.83. The maximum absolute atomic E-state index is 13.2. The topological polar surface area (TPSA) is 72.8 Å². The number of nitrogens with zero attached hydrogens (tertiary/aromatic N) is 1. The van der Waals surface area contributed by atoms with Gasteiger partial charge in [0.15, 0.2) is 11.6 Å². The van der Waals surface area contributed by atoms with Crippen LogP contribution in [-0.4, -0.2) is 40.3 Å². The van der Waals surface area contributed by atoms with E-state index < -0.39 is 17.7 Å². The molecule has 1 saturated heterocycles. The van der Waals surface area contributed by atoms with Crippen LogP contribution in [-0.2, 0) is 6.54 Å². The summed E-state index contributed by atoms with van der Waals surface area (Å²) >= 11 is 0. The van der Waals surface area contributed by atoms with Crippen LogP contribution in [0.5, 0.6) is 5.75 Å². The Morgan fingerprint density at radius 1 is 1.57 bits per heavy atom. The van der Waals surface area contributed by atoms with Gasteiger partial charge in [-0.15, -0.1) is 0 Å². The number of phenolic OH excluding ortho intramolecular Hbond substituents is 1. The normalized spacial score (nSPS) is 20.1. The van der Waals surface area contributed by atoms with E-state index in [1.165, 1.54) is 12.1 Å². The van der Waals surface area contributed by atoms with Gasteiger partial charge < -0.3 is 20.4 Å². The van der Waals surface area contributed by atoms with E-state index in [-0.39, 0.29) is 18.5 Å². The molecule has 2 amide bonds. The van der Waals surface area contributed by atoms with Crippen molar-refractivity contribution in [2.45, 2.75) is 32.4 Å². The van der Waals surface area contributed by atoms with Gasteiger partial charge in [0, 0.05) is 25.6 Å². The molecule has 2 atom stereocenters. The molecule has 1 aromatic rings. The second-order valence-electron chi connectivity index (χ2n) is 5.53. The third-order valence-electron chi connectivity index (χ3n) is 3.88. The van der Waals surface area contributed by atoms with Crippen molar-refractivity contribution in [2.24, 2.45) is 5.92 Å². The lowest BCUT2D eigenvalue weighted by atomic mass is 9.94. The fourth-order valence-electron chi connectivity index (χ4n) is 2.54. The minimum absolute atomic E-state index is 0.107. The first-order valence-electron chi connectivity index (χ1n) is 7.15. The van der Waals surface area contributed by atoms with Gasteiger partial charge in [-0.2, -0.15) is 0 Å². The van der Waals surface area contributed by atoms with E-state index in [1.54, 1.807) is 17.9 Å². The number of phenols is 1. The number of benzene rings is 1. The van der Waals surface area contributed by atoms with Gasteiger partial charge in [-0.1, -0.05) is 6.07 Å². The Hall–Kier alpha value is -1.82. The largest absolute Gasteiger partial charge is 0.505 e. The summed E-state index contributed by atoms with van der Waals surface area (Å²) in [6.07, 6.45) is 1.37. The molecule has 0 saturated carbocycles. The average Bonchev–Trinajstić information content (AvgIpc) is 2.48. The Bertz CT molecular complexity index is 508. The van der Waals surface area contributed by atoms with Crippen molar-refractivity contribution in [1.29, 1.82) is 0 Å². The number of nitrogens with one attached hydrogen (secondary N) is 1. The molecule has 6 heteroatoms. The average molecular weight is 296 g/mol. The van der Waals surface area contributed by atoms with Crippen LogP contribution in [0.25, 0.3) is 0 Å². The minimum atomic E-state index is -0.700. The monoisotopic (exact) mass is 296 g/mol. The number of aromatic hydroxyl groups is 1. The van der Waals surface area contributed by atoms with Crippen molar-refractivity contribution in [3.05, 3.63) is 29.6 Å². The maximum atomic E-state index is 13.2. The Labute approximate surface area is 123 Å². The number of rotatable bonds is 3. The first kappa shape index (κ1) is 15.6. The minimum Gasteiger partial charge on any atom is -0.505 e. The van der Waals surface area contributed by atoms with Crippen LogP contribution < -0.4 is 5.32 Å². The highest BCUT2D eigenvalue weighted by Crippen LogP contribution is 2.20. The summed E-state index contributed by atoms with van der Waals surface area (Å²) in [5, 5.41) is 21.5. The highest BCUT2D eigenvalue weighted by molar-refractivity contribution is 5.74. The zero-order chi connectivity index (χ0) is 15.4. The first-order valence-corrected chi connectivity index (χ1v) is 7.15. The summed E-state index contributed by atoms with van der Waals surface area (Å²) in [5.74, 6) is -0.995. The summed E-state index contributed by atoms with van der Waals surface area (Å²) in [6.45, 7) is 3.14. The quantitative estimate of drug-likeness (QED) is 0.797. The molecular formula is C15H21FN2O3. The number of hydrogen-bond acceptors (Lipinski definition) is 3. The lowest BCUT2D eigenvalue weighted by Gasteiger charge is -2.34. The fourth-order valence-corrected chi connectivity index (χ4v) is 2.54. The van der Waals surface area contributed by atoms with Gasteiger partial charge in [-0.25, -0.2) is 9.18 Å². The molecule has 1 fully saturated rings. The van der Waals surface area contributed by atoms with E-state index in [0.717, 1.165) is 12.8 Å². The molecule has 1 heterocycles. The number of hydrogen-bond donors (Lipinski definition) is 3. The molecule has 2 rings (SSSR count). The Balaban J connectivity index is 1.87. The SMILES string of the molecule is CC(O)C1CCCN(C(=O)NCc2ccc(O)c(F)c2)C1. The molecule has 2 unspecified atom stereocenters. The first-order chi connectivity index (χ1) is 9.97. The number of carbonyl (C=O) groups is 1. The third kappa shape index (κ3) is 4.07. The van der Waals surface area contributed by atoms with Gasteiger partial charge >= 0.3 is 6.03 Å². The predicted molar refractivity (Wildman–Crippen MR) is 76.3 cm³/mol. The molecule has 0 radical (unpaired) electrons. The summed E-state index contributed by atoms with van der Waals surface area (Å²) < 4.78 is 13.2. The van der Waals surface area contributed by atoms with Crippen molar-refractivity contribution in [3.63, 3.8) is 0 Å². The molecule has 5 nitrogen and oxygen atoms in total. The van der Waals surface area contributed by atoms with Crippen molar-refractivity contribution in [3.8, 4) is 5.75 Å². The van der Waals surface area contributed by atoms with Crippen LogP contribution >= 0.6 is 0 Å². The van der Waals surface area contributed by atoms with Crippen LogP contribution in [0.3, 0.4) is 0 Å². The number of halogens is 1. The fraction of sp³-hybridized carbons (Fsp3) is 0.533. The van der Waals surface area contributed by atoms with Gasteiger partial charge in [0.05, 0.1) is 6.10 Å². The third-order valence-corrected chi connectivity index (χ3v) is 3.88. The maximum Gasteiger partial charge on any atom is 0.317 e. The lowest BCUT2D eigenvalue weighted by molar-refractivity contribution is 0.0738. The molecule has 0 aromatic heterocycles. The highest BCUT2D eigenvalue weighted by atomic mass is 19.1. The zero-order valence-electron chi connectivity index (χ0n) is 12.1. The van der Waals surface area contributed by atoms with Crippen molar-refractivity contribution >= 4 is 6.03 Å².